The minimum Gasteiger partial charge on any atom is -0.261 e. The molecule has 0 heterocycles. The maximum atomic E-state index is 12.4. The van der Waals surface area contributed by atoms with E-state index >= 15 is 0 Å². The molecule has 1 N–H and O–H groups in total. The molecule has 0 aromatic heterocycles. The van der Waals surface area contributed by atoms with Crippen LogP contribution in [-0.4, -0.2) is 20.1 Å². The summed E-state index contributed by atoms with van der Waals surface area (Å²) in [6, 6.07) is 8.54. The molecule has 1 aromatic rings. The lowest BCUT2D eigenvalue weighted by atomic mass is 10.1. The molecule has 0 bridgehead atoms. The van der Waals surface area contributed by atoms with Gasteiger partial charge in [-0.1, -0.05) is 51.3 Å². The van der Waals surface area contributed by atoms with E-state index in [1.54, 1.807) is 36.7 Å². The fourth-order valence-electron chi connectivity index (χ4n) is 2.10. The van der Waals surface area contributed by atoms with Crippen LogP contribution in [0.2, 0.25) is 0 Å². The molecule has 0 saturated heterocycles. The molecule has 1 atom stereocenters. The molecule has 0 saturated carbocycles. The highest BCUT2D eigenvalue weighted by Gasteiger charge is 2.26. The Labute approximate surface area is 127 Å². The third-order valence-corrected chi connectivity index (χ3v) is 5.23. The highest BCUT2D eigenvalue weighted by Crippen LogP contribution is 2.16. The number of hydrogen-bond donors (Lipinski definition) is 1. The van der Waals surface area contributed by atoms with Gasteiger partial charge in [0, 0.05) is 0 Å². The van der Waals surface area contributed by atoms with Gasteiger partial charge in [-0.3, -0.25) is 4.79 Å². The van der Waals surface area contributed by atoms with Crippen molar-refractivity contribution in [2.75, 3.05) is 5.01 Å². The first-order valence-corrected chi connectivity index (χ1v) is 8.84. The summed E-state index contributed by atoms with van der Waals surface area (Å²) in [4.78, 5) is 13.3. The molecule has 1 unspecified atom stereocenters. The van der Waals surface area contributed by atoms with Gasteiger partial charge in [0.15, 0.2) is 0 Å². The number of hydrogen-bond acceptors (Lipinski definition) is 3. The normalized spacial score (nSPS) is 12.9. The van der Waals surface area contributed by atoms with Crippen molar-refractivity contribution in [1.82, 2.24) is 4.83 Å². The van der Waals surface area contributed by atoms with E-state index in [1.807, 2.05) is 6.92 Å². The van der Waals surface area contributed by atoms with Gasteiger partial charge in [0.05, 0.1) is 10.9 Å². The summed E-state index contributed by atoms with van der Waals surface area (Å²) in [7, 11) is -3.60. The number of amides is 1. The molecule has 0 spiro atoms. The topological polar surface area (TPSA) is 66.5 Å². The Kier molecular flexibility index (Phi) is 7.39. The number of unbranched alkanes of at least 4 members (excludes halogenated alkanes) is 2. The number of nitrogens with one attached hydrogen (secondary N) is 1. The Hall–Kier alpha value is -1.40. The van der Waals surface area contributed by atoms with Crippen LogP contribution in [-0.2, 0) is 14.8 Å². The van der Waals surface area contributed by atoms with Gasteiger partial charge in [0.2, 0.25) is 10.0 Å². The Morgan fingerprint density at radius 1 is 1.19 bits per heavy atom. The molecule has 1 amide bonds. The molecule has 1 rings (SSSR count). The maximum absolute atomic E-state index is 12.4. The Morgan fingerprint density at radius 2 is 1.86 bits per heavy atom. The van der Waals surface area contributed by atoms with Crippen LogP contribution in [0.15, 0.2) is 30.3 Å². The van der Waals surface area contributed by atoms with Gasteiger partial charge in [-0.05, 0) is 25.0 Å². The monoisotopic (exact) mass is 311 g/mol. The van der Waals surface area contributed by atoms with Crippen molar-refractivity contribution in [3.63, 3.8) is 0 Å². The van der Waals surface area contributed by atoms with E-state index in [9.17, 15) is 13.2 Å². The Bertz CT molecular complexity index is 517. The largest absolute Gasteiger partial charge is 0.333 e. The molecule has 21 heavy (non-hydrogen) atoms. The van der Waals surface area contributed by atoms with Crippen molar-refractivity contribution in [2.45, 2.75) is 51.2 Å². The van der Waals surface area contributed by atoms with E-state index in [-0.39, 0.29) is 0 Å². The number of para-hydroxylation sites is 1. The van der Waals surface area contributed by atoms with Crippen LogP contribution >= 0.6 is 0 Å². The number of nitrogens with zero attached hydrogens (tertiary/aromatic N) is 1. The lowest BCUT2D eigenvalue weighted by molar-refractivity contribution is 0.529. The van der Waals surface area contributed by atoms with Gasteiger partial charge in [0.1, 0.15) is 0 Å². The van der Waals surface area contributed by atoms with Crippen molar-refractivity contribution in [2.24, 2.45) is 0 Å². The average Bonchev–Trinajstić information content (AvgIpc) is 2.50. The molecule has 0 aliphatic rings. The lowest BCUT2D eigenvalue weighted by Crippen LogP contribution is -2.45. The predicted molar refractivity (Wildman–Crippen MR) is 84.9 cm³/mol. The van der Waals surface area contributed by atoms with Crippen LogP contribution in [0.25, 0.3) is 0 Å². The summed E-state index contributed by atoms with van der Waals surface area (Å²) in [5.41, 5.74) is 0.444. The second kappa shape index (κ2) is 8.79. The van der Waals surface area contributed by atoms with Crippen LogP contribution < -0.4 is 9.84 Å². The summed E-state index contributed by atoms with van der Waals surface area (Å²) >= 11 is 0. The van der Waals surface area contributed by atoms with Crippen molar-refractivity contribution >= 4 is 22.1 Å². The minimum atomic E-state index is -3.60. The third kappa shape index (κ3) is 5.47. The van der Waals surface area contributed by atoms with E-state index in [0.29, 0.717) is 18.5 Å². The number of carbonyl (C=O) groups excluding carboxylic acids is 1. The molecule has 6 heteroatoms. The molecule has 5 nitrogen and oxygen atoms in total. The van der Waals surface area contributed by atoms with Gasteiger partial charge in [-0.25, -0.2) is 13.4 Å². The fourth-order valence-corrected chi connectivity index (χ4v) is 3.57. The van der Waals surface area contributed by atoms with Crippen LogP contribution in [0.4, 0.5) is 5.69 Å². The average molecular weight is 311 g/mol. The van der Waals surface area contributed by atoms with Gasteiger partial charge in [-0.15, -0.1) is 4.83 Å². The van der Waals surface area contributed by atoms with Crippen molar-refractivity contribution in [3.05, 3.63) is 30.3 Å². The van der Waals surface area contributed by atoms with Gasteiger partial charge in [-0.2, -0.15) is 0 Å². The molecule has 1 aromatic carbocycles. The van der Waals surface area contributed by atoms with Crippen LogP contribution in [0, 0.1) is 0 Å². The van der Waals surface area contributed by atoms with E-state index in [4.69, 9.17) is 0 Å². The highest BCUT2D eigenvalue weighted by molar-refractivity contribution is 7.90. The zero-order valence-electron chi connectivity index (χ0n) is 12.6. The first kappa shape index (κ1) is 17.7. The van der Waals surface area contributed by atoms with Gasteiger partial charge in [0.25, 0.3) is 0 Å². The number of hydrazine groups is 1. The molecule has 0 aliphatic carbocycles. The molecule has 0 fully saturated rings. The first-order chi connectivity index (χ1) is 10.0. The molecule has 117 valence electrons. The van der Waals surface area contributed by atoms with E-state index in [1.165, 1.54) is 0 Å². The van der Waals surface area contributed by atoms with E-state index in [2.05, 4.69) is 11.8 Å². The Morgan fingerprint density at radius 3 is 2.38 bits per heavy atom. The minimum absolute atomic E-state index is 0.444. The Balaban J connectivity index is 2.78. The van der Waals surface area contributed by atoms with E-state index < -0.39 is 15.3 Å². The number of anilines is 1. The van der Waals surface area contributed by atoms with E-state index in [0.717, 1.165) is 24.3 Å². The quantitative estimate of drug-likeness (QED) is 0.410. The molecule has 0 aliphatic heterocycles. The first-order valence-electron chi connectivity index (χ1n) is 7.29. The zero-order chi connectivity index (χ0) is 15.7. The van der Waals surface area contributed by atoms with Gasteiger partial charge < -0.3 is 0 Å². The molecule has 1 radical (unpaired) electrons. The predicted octanol–water partition coefficient (Wildman–Crippen LogP) is 2.75. The molecular weight excluding hydrogens is 288 g/mol. The highest BCUT2D eigenvalue weighted by atomic mass is 32.2. The van der Waals surface area contributed by atoms with Crippen molar-refractivity contribution in [3.8, 4) is 0 Å². The summed E-state index contributed by atoms with van der Waals surface area (Å²) in [5, 5.41) is 0.390. The number of benzene rings is 1. The van der Waals surface area contributed by atoms with Gasteiger partial charge >= 0.3 is 6.41 Å². The van der Waals surface area contributed by atoms with Crippen molar-refractivity contribution in [1.29, 1.82) is 0 Å². The second-order valence-corrected chi connectivity index (χ2v) is 6.86. The summed E-state index contributed by atoms with van der Waals surface area (Å²) in [6.45, 7) is 3.92. The van der Waals surface area contributed by atoms with Crippen LogP contribution in [0.3, 0.4) is 0 Å². The maximum Gasteiger partial charge on any atom is 0.333 e. The fraction of sp³-hybridized carbons (Fsp3) is 0.533. The zero-order valence-corrected chi connectivity index (χ0v) is 13.4. The summed E-state index contributed by atoms with van der Waals surface area (Å²) in [6.07, 6.45) is 5.65. The standard InChI is InChI=1S/C15H23N2O3S/c1-3-5-7-12-15(4-2)21(19,20)16-17(13-18)14-10-8-6-9-11-14/h6,8-11,15-16H,3-5,7,12H2,1-2H3. The molecular formula is C15H23N2O3S. The number of rotatable bonds is 10. The lowest BCUT2D eigenvalue weighted by Gasteiger charge is -2.22. The van der Waals surface area contributed by atoms with Crippen LogP contribution in [0.5, 0.6) is 0 Å². The smallest absolute Gasteiger partial charge is 0.261 e. The SMILES string of the molecule is CCCCCC(CC)S(=O)(=O)NN([C]=O)c1ccccc1. The van der Waals surface area contributed by atoms with Crippen LogP contribution in [0.1, 0.15) is 46.0 Å². The summed E-state index contributed by atoms with van der Waals surface area (Å²) < 4.78 is 24.7. The second-order valence-electron chi connectivity index (χ2n) is 4.92. The number of sulfonamides is 1. The third-order valence-electron chi connectivity index (χ3n) is 3.35. The van der Waals surface area contributed by atoms with Crippen molar-refractivity contribution < 1.29 is 13.2 Å². The summed E-state index contributed by atoms with van der Waals surface area (Å²) in [5.74, 6) is 0.